The molecule has 3 heteroatoms. The molecule has 2 unspecified atom stereocenters. The maximum Gasteiger partial charge on any atom is 0.103 e. The van der Waals surface area contributed by atoms with Crippen LogP contribution in [0.25, 0.3) is 0 Å². The molecule has 3 N–H and O–H groups in total. The summed E-state index contributed by atoms with van der Waals surface area (Å²) in [5, 5.41) is 27.0. The molecule has 13 heavy (non-hydrogen) atoms. The molecule has 1 aromatic rings. The van der Waals surface area contributed by atoms with Crippen molar-refractivity contribution < 1.29 is 15.3 Å². The van der Waals surface area contributed by atoms with Crippen molar-refractivity contribution in [2.75, 3.05) is 6.61 Å². The number of aliphatic hydroxyl groups is 3. The van der Waals surface area contributed by atoms with E-state index in [-0.39, 0.29) is 0 Å². The van der Waals surface area contributed by atoms with Crippen molar-refractivity contribution in [2.24, 2.45) is 0 Å². The van der Waals surface area contributed by atoms with Gasteiger partial charge in [-0.05, 0) is 11.6 Å². The van der Waals surface area contributed by atoms with Crippen molar-refractivity contribution >= 4 is 0 Å². The zero-order valence-electron chi connectivity index (χ0n) is 7.22. The first-order valence-corrected chi connectivity index (χ1v) is 4.16. The van der Waals surface area contributed by atoms with Gasteiger partial charge >= 0.3 is 0 Å². The highest BCUT2D eigenvalue weighted by Crippen LogP contribution is 2.05. The second-order valence-electron chi connectivity index (χ2n) is 2.93. The molecule has 1 rings (SSSR count). The van der Waals surface area contributed by atoms with Gasteiger partial charge in [0.1, 0.15) is 6.10 Å². The molecule has 0 heterocycles. The van der Waals surface area contributed by atoms with Crippen LogP contribution in [0.4, 0.5) is 0 Å². The maximum absolute atomic E-state index is 9.35. The number of benzene rings is 1. The minimum absolute atomic E-state index is 0.344. The lowest BCUT2D eigenvalue weighted by atomic mass is 10.0. The Morgan fingerprint density at radius 1 is 1.15 bits per heavy atom. The fourth-order valence-corrected chi connectivity index (χ4v) is 1.06. The normalized spacial score (nSPS) is 15.3. The van der Waals surface area contributed by atoms with Crippen LogP contribution in [0.2, 0.25) is 0 Å². The summed E-state index contributed by atoms with van der Waals surface area (Å²) in [6, 6.07) is 9.97. The van der Waals surface area contributed by atoms with Gasteiger partial charge in [0.05, 0.1) is 12.7 Å². The number of hydrogen-bond acceptors (Lipinski definition) is 3. The van der Waals surface area contributed by atoms with Crippen molar-refractivity contribution in [3.63, 3.8) is 0 Å². The highest BCUT2D eigenvalue weighted by molar-refractivity contribution is 5.14. The number of aliphatic hydroxyl groups excluding tert-OH is 3. The standard InChI is InChI=1S/C10H13O3/c11-7-10(13)9(12)6-8-4-2-1-3-5-8/h2-5,9-13H,6-7H2. The molecule has 1 radical (unpaired) electrons. The SMILES string of the molecule is OCC(O)C(O)Cc1cc[c]cc1. The van der Waals surface area contributed by atoms with Crippen LogP contribution in [-0.4, -0.2) is 34.1 Å². The van der Waals surface area contributed by atoms with E-state index in [0.717, 1.165) is 5.56 Å². The van der Waals surface area contributed by atoms with E-state index in [1.807, 2.05) is 12.1 Å². The predicted molar refractivity (Wildman–Crippen MR) is 48.1 cm³/mol. The van der Waals surface area contributed by atoms with Crippen molar-refractivity contribution in [1.82, 2.24) is 0 Å². The molecule has 2 atom stereocenters. The van der Waals surface area contributed by atoms with Crippen molar-refractivity contribution in [3.8, 4) is 0 Å². The molecule has 0 aliphatic rings. The van der Waals surface area contributed by atoms with E-state index in [1.165, 1.54) is 0 Å². The fraction of sp³-hybridized carbons (Fsp3) is 0.400. The Bertz CT molecular complexity index is 235. The van der Waals surface area contributed by atoms with Gasteiger partial charge in [0.15, 0.2) is 0 Å². The van der Waals surface area contributed by atoms with E-state index >= 15 is 0 Å². The summed E-state index contributed by atoms with van der Waals surface area (Å²) in [6.07, 6.45) is -1.63. The summed E-state index contributed by atoms with van der Waals surface area (Å²) in [6.45, 7) is -0.417. The second kappa shape index (κ2) is 4.97. The Morgan fingerprint density at radius 2 is 1.77 bits per heavy atom. The molecule has 0 bridgehead atoms. The van der Waals surface area contributed by atoms with Gasteiger partial charge in [-0.15, -0.1) is 0 Å². The van der Waals surface area contributed by atoms with Gasteiger partial charge in [-0.25, -0.2) is 0 Å². The monoisotopic (exact) mass is 181 g/mol. The van der Waals surface area contributed by atoms with E-state index in [0.29, 0.717) is 6.42 Å². The lowest BCUT2D eigenvalue weighted by Crippen LogP contribution is -2.30. The van der Waals surface area contributed by atoms with Gasteiger partial charge in [-0.1, -0.05) is 24.3 Å². The summed E-state index contributed by atoms with van der Waals surface area (Å²) in [5.74, 6) is 0. The Kier molecular flexibility index (Phi) is 3.89. The van der Waals surface area contributed by atoms with Gasteiger partial charge in [0, 0.05) is 6.42 Å². The number of hydrogen-bond donors (Lipinski definition) is 3. The van der Waals surface area contributed by atoms with Gasteiger partial charge in [-0.2, -0.15) is 0 Å². The molecule has 0 fully saturated rings. The highest BCUT2D eigenvalue weighted by Gasteiger charge is 2.14. The van der Waals surface area contributed by atoms with Gasteiger partial charge in [0.25, 0.3) is 0 Å². The smallest absolute Gasteiger partial charge is 0.103 e. The van der Waals surface area contributed by atoms with Gasteiger partial charge in [0.2, 0.25) is 0 Å². The summed E-state index contributed by atoms with van der Waals surface area (Å²) < 4.78 is 0. The zero-order valence-corrected chi connectivity index (χ0v) is 7.22. The van der Waals surface area contributed by atoms with E-state index in [4.69, 9.17) is 10.2 Å². The average Bonchev–Trinajstić information content (AvgIpc) is 2.18. The number of rotatable bonds is 4. The van der Waals surface area contributed by atoms with Crippen LogP contribution in [0.15, 0.2) is 24.3 Å². The molecular formula is C10H13O3. The Labute approximate surface area is 77.3 Å². The Hall–Kier alpha value is -0.900. The quantitative estimate of drug-likeness (QED) is 0.600. The molecular weight excluding hydrogens is 168 g/mol. The van der Waals surface area contributed by atoms with Crippen LogP contribution in [0.5, 0.6) is 0 Å². The first-order chi connectivity index (χ1) is 6.24. The fourth-order valence-electron chi connectivity index (χ4n) is 1.06. The Balaban J connectivity index is 2.50. The van der Waals surface area contributed by atoms with Crippen molar-refractivity contribution in [1.29, 1.82) is 0 Å². The molecule has 3 nitrogen and oxygen atoms in total. The minimum Gasteiger partial charge on any atom is -0.394 e. The first kappa shape index (κ1) is 10.2. The van der Waals surface area contributed by atoms with Crippen LogP contribution in [0.3, 0.4) is 0 Å². The summed E-state index contributed by atoms with van der Waals surface area (Å²) in [7, 11) is 0. The van der Waals surface area contributed by atoms with E-state index in [1.54, 1.807) is 12.1 Å². The summed E-state index contributed by atoms with van der Waals surface area (Å²) in [5.41, 5.74) is 0.916. The average molecular weight is 181 g/mol. The van der Waals surface area contributed by atoms with Crippen LogP contribution < -0.4 is 0 Å². The third-order valence-corrected chi connectivity index (χ3v) is 1.86. The highest BCUT2D eigenvalue weighted by atomic mass is 16.4. The van der Waals surface area contributed by atoms with Gasteiger partial charge < -0.3 is 15.3 Å². The van der Waals surface area contributed by atoms with Crippen LogP contribution in [0.1, 0.15) is 5.56 Å². The molecule has 0 saturated heterocycles. The lowest BCUT2D eigenvalue weighted by Gasteiger charge is -2.14. The van der Waals surface area contributed by atoms with E-state index in [9.17, 15) is 5.11 Å². The first-order valence-electron chi connectivity index (χ1n) is 4.16. The van der Waals surface area contributed by atoms with E-state index in [2.05, 4.69) is 6.07 Å². The predicted octanol–water partition coefficient (Wildman–Crippen LogP) is -0.257. The largest absolute Gasteiger partial charge is 0.394 e. The molecule has 0 aliphatic carbocycles. The van der Waals surface area contributed by atoms with Crippen LogP contribution >= 0.6 is 0 Å². The third-order valence-electron chi connectivity index (χ3n) is 1.86. The van der Waals surface area contributed by atoms with Crippen molar-refractivity contribution in [3.05, 3.63) is 35.9 Å². The summed E-state index contributed by atoms with van der Waals surface area (Å²) >= 11 is 0. The molecule has 0 aromatic heterocycles. The molecule has 71 valence electrons. The van der Waals surface area contributed by atoms with E-state index < -0.39 is 18.8 Å². The topological polar surface area (TPSA) is 60.7 Å². The lowest BCUT2D eigenvalue weighted by molar-refractivity contribution is -0.0132. The van der Waals surface area contributed by atoms with Crippen LogP contribution in [-0.2, 0) is 6.42 Å². The summed E-state index contributed by atoms with van der Waals surface area (Å²) in [4.78, 5) is 0. The molecule has 0 saturated carbocycles. The molecule has 0 aliphatic heterocycles. The zero-order chi connectivity index (χ0) is 9.68. The minimum atomic E-state index is -1.07. The second-order valence-corrected chi connectivity index (χ2v) is 2.93. The Morgan fingerprint density at radius 3 is 2.31 bits per heavy atom. The van der Waals surface area contributed by atoms with Gasteiger partial charge in [-0.3, -0.25) is 0 Å². The van der Waals surface area contributed by atoms with Crippen LogP contribution in [0, 0.1) is 6.07 Å². The molecule has 0 amide bonds. The third kappa shape index (κ3) is 3.14. The molecule has 1 aromatic carbocycles. The maximum atomic E-state index is 9.35. The van der Waals surface area contributed by atoms with Crippen molar-refractivity contribution in [2.45, 2.75) is 18.6 Å². The molecule has 0 spiro atoms.